The van der Waals surface area contributed by atoms with Crippen molar-refractivity contribution in [2.24, 2.45) is 0 Å². The Morgan fingerprint density at radius 3 is 2.76 bits per heavy atom. The number of halogens is 2. The predicted octanol–water partition coefficient (Wildman–Crippen LogP) is 2.23. The summed E-state index contributed by atoms with van der Waals surface area (Å²) >= 11 is 0. The average Bonchev–Trinajstić information content (AvgIpc) is 2.88. The Labute approximate surface area is 130 Å². The number of hydrogen-bond acceptors (Lipinski definition) is 3. The summed E-state index contributed by atoms with van der Waals surface area (Å²) in [5.41, 5.74) is 2.03. The van der Waals surface area contributed by atoms with E-state index >= 15 is 0 Å². The molecule has 1 fully saturated rings. The second-order valence-electron chi connectivity index (χ2n) is 5.30. The van der Waals surface area contributed by atoms with Gasteiger partial charge in [-0.05, 0) is 37.3 Å². The van der Waals surface area contributed by atoms with Gasteiger partial charge < -0.3 is 5.32 Å². The zero-order chi connectivity index (χ0) is 13.9. The van der Waals surface area contributed by atoms with Gasteiger partial charge >= 0.3 is 0 Å². The van der Waals surface area contributed by atoms with Crippen molar-refractivity contribution in [1.29, 1.82) is 0 Å². The number of rotatable bonds is 3. The van der Waals surface area contributed by atoms with Crippen molar-refractivity contribution in [2.75, 3.05) is 19.6 Å². The van der Waals surface area contributed by atoms with Crippen LogP contribution in [0.4, 0.5) is 4.39 Å². The summed E-state index contributed by atoms with van der Waals surface area (Å²) in [6.45, 7) is 6.16. The maximum atomic E-state index is 13.0. The molecule has 0 unspecified atom stereocenters. The topological polar surface area (TPSA) is 33.1 Å². The third-order valence-electron chi connectivity index (χ3n) is 3.63. The van der Waals surface area contributed by atoms with Crippen LogP contribution in [0.2, 0.25) is 0 Å². The van der Waals surface area contributed by atoms with Crippen molar-refractivity contribution in [3.05, 3.63) is 48.0 Å². The van der Waals surface area contributed by atoms with Crippen LogP contribution in [-0.2, 0) is 6.54 Å². The van der Waals surface area contributed by atoms with Gasteiger partial charge in [0, 0.05) is 38.4 Å². The van der Waals surface area contributed by atoms with E-state index in [9.17, 15) is 4.39 Å². The summed E-state index contributed by atoms with van der Waals surface area (Å²) in [5, 5.41) is 7.79. The highest BCUT2D eigenvalue weighted by atomic mass is 35.5. The molecule has 1 aliphatic heterocycles. The van der Waals surface area contributed by atoms with Gasteiger partial charge in [0.15, 0.2) is 0 Å². The van der Waals surface area contributed by atoms with Gasteiger partial charge in [-0.25, -0.2) is 9.07 Å². The quantitative estimate of drug-likeness (QED) is 0.944. The average molecular weight is 311 g/mol. The fraction of sp³-hybridized carbons (Fsp3) is 0.400. The van der Waals surface area contributed by atoms with E-state index in [4.69, 9.17) is 0 Å². The zero-order valence-electron chi connectivity index (χ0n) is 12.0. The number of nitrogens with one attached hydrogen (secondary N) is 1. The molecule has 1 N–H and O–H groups in total. The van der Waals surface area contributed by atoms with Crippen LogP contribution < -0.4 is 5.32 Å². The van der Waals surface area contributed by atoms with Crippen LogP contribution in [0, 0.1) is 5.82 Å². The molecular weight excluding hydrogens is 291 g/mol. The third kappa shape index (κ3) is 3.81. The normalized spacial score (nSPS) is 19.2. The van der Waals surface area contributed by atoms with E-state index in [2.05, 4.69) is 22.2 Å². The number of nitrogens with zero attached hydrogens (tertiary/aromatic N) is 3. The van der Waals surface area contributed by atoms with Crippen LogP contribution in [-0.4, -0.2) is 40.4 Å². The van der Waals surface area contributed by atoms with Gasteiger partial charge in [-0.1, -0.05) is 0 Å². The van der Waals surface area contributed by atoms with E-state index in [0.29, 0.717) is 6.04 Å². The van der Waals surface area contributed by atoms with Crippen LogP contribution in [0.25, 0.3) is 5.69 Å². The van der Waals surface area contributed by atoms with Crippen molar-refractivity contribution in [3.63, 3.8) is 0 Å². The standard InChI is InChI=1S/C15H19FN4.ClH/c1-12-10-19(9-8-17-12)11-15-6-7-18-20(15)14-4-2-13(16)3-5-14;/h2-7,12,17H,8-11H2,1H3;1H/t12-;/m1./s1. The van der Waals surface area contributed by atoms with Gasteiger partial charge in [0.05, 0.1) is 11.4 Å². The van der Waals surface area contributed by atoms with E-state index in [-0.39, 0.29) is 18.2 Å². The van der Waals surface area contributed by atoms with Crippen LogP contribution in [0.1, 0.15) is 12.6 Å². The molecule has 6 heteroatoms. The van der Waals surface area contributed by atoms with E-state index in [1.807, 2.05) is 10.7 Å². The van der Waals surface area contributed by atoms with Crippen molar-refractivity contribution in [3.8, 4) is 5.69 Å². The van der Waals surface area contributed by atoms with Gasteiger partial charge in [-0.2, -0.15) is 5.10 Å². The number of hydrogen-bond donors (Lipinski definition) is 1. The minimum absolute atomic E-state index is 0. The molecule has 0 saturated carbocycles. The molecule has 2 aromatic rings. The molecule has 3 rings (SSSR count). The van der Waals surface area contributed by atoms with E-state index < -0.39 is 0 Å². The maximum Gasteiger partial charge on any atom is 0.123 e. The van der Waals surface area contributed by atoms with Gasteiger partial charge in [0.25, 0.3) is 0 Å². The first-order valence-electron chi connectivity index (χ1n) is 6.97. The number of piperazine rings is 1. The molecule has 0 spiro atoms. The second-order valence-corrected chi connectivity index (χ2v) is 5.30. The Morgan fingerprint density at radius 2 is 2.05 bits per heavy atom. The lowest BCUT2D eigenvalue weighted by molar-refractivity contribution is 0.196. The molecule has 1 aromatic carbocycles. The van der Waals surface area contributed by atoms with Crippen LogP contribution in [0.15, 0.2) is 36.5 Å². The maximum absolute atomic E-state index is 13.0. The summed E-state index contributed by atoms with van der Waals surface area (Å²) in [5.74, 6) is -0.224. The lowest BCUT2D eigenvalue weighted by atomic mass is 10.2. The Hall–Kier alpha value is -1.43. The Bertz CT molecular complexity index is 569. The van der Waals surface area contributed by atoms with Crippen molar-refractivity contribution in [1.82, 2.24) is 20.0 Å². The molecule has 1 atom stereocenters. The fourth-order valence-corrected chi connectivity index (χ4v) is 2.65. The summed E-state index contributed by atoms with van der Waals surface area (Å²) < 4.78 is 14.9. The van der Waals surface area contributed by atoms with E-state index in [1.54, 1.807) is 18.3 Å². The number of aromatic nitrogens is 2. The van der Waals surface area contributed by atoms with Crippen molar-refractivity contribution in [2.45, 2.75) is 19.5 Å². The molecule has 114 valence electrons. The second kappa shape index (κ2) is 7.02. The predicted molar refractivity (Wildman–Crippen MR) is 83.5 cm³/mol. The number of benzene rings is 1. The third-order valence-corrected chi connectivity index (χ3v) is 3.63. The first kappa shape index (κ1) is 15.9. The molecular formula is C15H20ClFN4. The van der Waals surface area contributed by atoms with Gasteiger partial charge in [-0.3, -0.25) is 4.90 Å². The van der Waals surface area contributed by atoms with Crippen LogP contribution >= 0.6 is 12.4 Å². The smallest absolute Gasteiger partial charge is 0.123 e. The highest BCUT2D eigenvalue weighted by Gasteiger charge is 2.17. The van der Waals surface area contributed by atoms with Crippen LogP contribution in [0.3, 0.4) is 0 Å². The summed E-state index contributed by atoms with van der Waals surface area (Å²) in [7, 11) is 0. The minimum Gasteiger partial charge on any atom is -0.312 e. The monoisotopic (exact) mass is 310 g/mol. The minimum atomic E-state index is -0.224. The highest BCUT2D eigenvalue weighted by Crippen LogP contribution is 2.14. The molecule has 0 amide bonds. The molecule has 1 saturated heterocycles. The lowest BCUT2D eigenvalue weighted by Gasteiger charge is -2.31. The van der Waals surface area contributed by atoms with Gasteiger partial charge in [-0.15, -0.1) is 12.4 Å². The summed E-state index contributed by atoms with van der Waals surface area (Å²) in [6.07, 6.45) is 1.80. The Balaban J connectivity index is 0.00000161. The highest BCUT2D eigenvalue weighted by molar-refractivity contribution is 5.85. The molecule has 0 bridgehead atoms. The molecule has 0 aliphatic carbocycles. The van der Waals surface area contributed by atoms with Crippen LogP contribution in [0.5, 0.6) is 0 Å². The molecule has 2 heterocycles. The summed E-state index contributed by atoms with van der Waals surface area (Å²) in [6, 6.07) is 8.99. The Kier molecular flexibility index (Phi) is 5.33. The molecule has 1 aromatic heterocycles. The largest absolute Gasteiger partial charge is 0.312 e. The SMILES string of the molecule is C[C@@H]1CN(Cc2ccnn2-c2ccc(F)cc2)CCN1.Cl. The van der Waals surface area contributed by atoms with Gasteiger partial charge in [0.1, 0.15) is 5.82 Å². The van der Waals surface area contributed by atoms with E-state index in [1.165, 1.54) is 12.1 Å². The molecule has 1 aliphatic rings. The lowest BCUT2D eigenvalue weighted by Crippen LogP contribution is -2.48. The fourth-order valence-electron chi connectivity index (χ4n) is 2.65. The summed E-state index contributed by atoms with van der Waals surface area (Å²) in [4.78, 5) is 2.41. The first-order chi connectivity index (χ1) is 9.72. The Morgan fingerprint density at radius 1 is 1.29 bits per heavy atom. The molecule has 21 heavy (non-hydrogen) atoms. The van der Waals surface area contributed by atoms with Gasteiger partial charge in [0.2, 0.25) is 0 Å². The molecule has 4 nitrogen and oxygen atoms in total. The van der Waals surface area contributed by atoms with Crippen molar-refractivity contribution >= 4 is 12.4 Å². The van der Waals surface area contributed by atoms with E-state index in [0.717, 1.165) is 37.6 Å². The zero-order valence-corrected chi connectivity index (χ0v) is 12.8. The first-order valence-corrected chi connectivity index (χ1v) is 6.97. The molecule has 0 radical (unpaired) electrons. The van der Waals surface area contributed by atoms with Crippen molar-refractivity contribution < 1.29 is 4.39 Å².